The van der Waals surface area contributed by atoms with Crippen molar-refractivity contribution in [2.75, 3.05) is 5.75 Å². The number of rotatable bonds is 0. The predicted octanol–water partition coefficient (Wildman–Crippen LogP) is 1.73. The van der Waals surface area contributed by atoms with Gasteiger partial charge in [0, 0.05) is 0 Å². The van der Waals surface area contributed by atoms with Crippen LogP contribution in [-0.4, -0.2) is 5.75 Å². The molecular weight excluding hydrogens is 127 g/mol. The normalized spacial score (nSPS) is 20.6. The molecule has 0 amide bonds. The Bertz CT molecular complexity index is 198. The van der Waals surface area contributed by atoms with Gasteiger partial charge in [-0.25, -0.2) is 0 Å². The predicted molar refractivity (Wildman–Crippen MR) is 33.6 cm³/mol. The molecule has 1 aliphatic heterocycles. The van der Waals surface area contributed by atoms with Crippen molar-refractivity contribution in [3.63, 3.8) is 0 Å². The molecule has 1 nitrogen and oxygen atoms in total. The molecule has 0 radical (unpaired) electrons. The van der Waals surface area contributed by atoms with E-state index in [0.29, 0.717) is 7.03 Å². The summed E-state index contributed by atoms with van der Waals surface area (Å²) in [5, 5.41) is 2.04. The maximum absolute atomic E-state index is 10.1. The van der Waals surface area contributed by atoms with Crippen LogP contribution in [0.25, 0.3) is 0 Å². The Morgan fingerprint density at radius 1 is 1.71 bits per heavy atom. The van der Waals surface area contributed by atoms with E-state index in [1.165, 1.54) is 0 Å². The molecular formula is C4H6OPS-. The maximum atomic E-state index is 10.1. The zero-order chi connectivity index (χ0) is 5.11. The molecule has 0 bridgehead atoms. The van der Waals surface area contributed by atoms with Gasteiger partial charge in [0.15, 0.2) is 0 Å². The fourth-order valence-electron chi connectivity index (χ4n) is 0.498. The van der Waals surface area contributed by atoms with Gasteiger partial charge in [-0.1, -0.05) is 0 Å². The molecule has 3 heteroatoms. The molecule has 0 saturated carbocycles. The van der Waals surface area contributed by atoms with E-state index < -0.39 is 0 Å². The van der Waals surface area contributed by atoms with E-state index in [2.05, 4.69) is 6.08 Å². The van der Waals surface area contributed by atoms with Gasteiger partial charge in [-0.05, 0) is 0 Å². The van der Waals surface area contributed by atoms with Crippen molar-refractivity contribution in [1.29, 1.82) is 0 Å². The van der Waals surface area contributed by atoms with Gasteiger partial charge >= 0.3 is 45.1 Å². The van der Waals surface area contributed by atoms with Crippen molar-refractivity contribution in [1.82, 2.24) is 0 Å². The molecule has 0 unspecified atom stereocenters. The van der Waals surface area contributed by atoms with Gasteiger partial charge in [-0.15, -0.1) is 0 Å². The van der Waals surface area contributed by atoms with Gasteiger partial charge in [0.2, 0.25) is 0 Å². The van der Waals surface area contributed by atoms with E-state index in [9.17, 15) is 4.57 Å². The SMILES string of the molecule is O=P#[S-]1C=CCC1. The molecule has 0 saturated heterocycles. The monoisotopic (exact) mass is 133 g/mol. The molecule has 0 aromatic rings. The molecule has 1 heterocycles. The third kappa shape index (κ3) is 1.36. The van der Waals surface area contributed by atoms with Crippen LogP contribution < -0.4 is 0 Å². The molecule has 40 valence electrons. The van der Waals surface area contributed by atoms with Crippen molar-refractivity contribution in [3.05, 3.63) is 11.5 Å². The average Bonchev–Trinajstić information content (AvgIpc) is 2.14. The molecule has 0 N–H and O–H groups in total. The van der Waals surface area contributed by atoms with Gasteiger partial charge in [-0.3, -0.25) is 0 Å². The Balaban J connectivity index is 2.92. The van der Waals surface area contributed by atoms with Crippen LogP contribution >= 0.6 is 7.03 Å². The van der Waals surface area contributed by atoms with Crippen LogP contribution in [0.2, 0.25) is 0 Å². The Morgan fingerprint density at radius 2 is 2.57 bits per heavy atom. The van der Waals surface area contributed by atoms with E-state index >= 15 is 0 Å². The number of allylic oxidation sites excluding steroid dienone is 1. The standard InChI is InChI=1S/C4H6OPS/c5-6-7-3-1-2-4-7/h1,3H,2,4H2/q-1. The van der Waals surface area contributed by atoms with Crippen LogP contribution in [0.5, 0.6) is 0 Å². The third-order valence-electron chi connectivity index (χ3n) is 0.843. The molecule has 0 aromatic heterocycles. The summed E-state index contributed by atoms with van der Waals surface area (Å²) in [5.41, 5.74) is 0. The van der Waals surface area contributed by atoms with E-state index in [1.807, 2.05) is 5.41 Å². The molecule has 0 atom stereocenters. The zero-order valence-electron chi connectivity index (χ0n) is 3.83. The Kier molecular flexibility index (Phi) is 2.01. The van der Waals surface area contributed by atoms with Crippen molar-refractivity contribution >= 4 is 16.9 Å². The first-order valence-corrected chi connectivity index (χ1v) is 5.01. The minimum atomic E-state index is 0.102. The summed E-state index contributed by atoms with van der Waals surface area (Å²) in [7, 11) is 0.415. The first-order valence-electron chi connectivity index (χ1n) is 2.13. The van der Waals surface area contributed by atoms with Crippen LogP contribution in [-0.2, 0) is 14.4 Å². The minimum absolute atomic E-state index is 0.102. The topological polar surface area (TPSA) is 17.1 Å². The van der Waals surface area contributed by atoms with Gasteiger partial charge in [0.25, 0.3) is 0 Å². The fourth-order valence-corrected chi connectivity index (χ4v) is 2.44. The summed E-state index contributed by atoms with van der Waals surface area (Å²) in [4.78, 5) is 0. The van der Waals surface area contributed by atoms with Gasteiger partial charge in [-0.2, -0.15) is 0 Å². The fraction of sp³-hybridized carbons (Fsp3) is 0.500. The van der Waals surface area contributed by atoms with E-state index in [1.54, 1.807) is 0 Å². The van der Waals surface area contributed by atoms with Crippen LogP contribution in [0.3, 0.4) is 0 Å². The average molecular weight is 133 g/mol. The Morgan fingerprint density at radius 3 is 2.86 bits per heavy atom. The Labute approximate surface area is 45.8 Å². The number of hydrogen-bond donors (Lipinski definition) is 0. The van der Waals surface area contributed by atoms with Gasteiger partial charge < -0.3 is 0 Å². The van der Waals surface area contributed by atoms with Crippen LogP contribution in [0, 0.1) is 0 Å². The molecule has 0 aliphatic carbocycles. The summed E-state index contributed by atoms with van der Waals surface area (Å²) in [6.07, 6.45) is 3.21. The first kappa shape index (κ1) is 5.46. The molecule has 0 fully saturated rings. The second kappa shape index (κ2) is 2.58. The molecule has 0 aromatic carbocycles. The summed E-state index contributed by atoms with van der Waals surface area (Å²) < 4.78 is 10.1. The molecule has 1 rings (SSSR count). The summed E-state index contributed by atoms with van der Waals surface area (Å²) in [6, 6.07) is 0. The van der Waals surface area contributed by atoms with Crippen LogP contribution in [0.1, 0.15) is 6.42 Å². The van der Waals surface area contributed by atoms with Gasteiger partial charge in [0.1, 0.15) is 0 Å². The van der Waals surface area contributed by atoms with Crippen LogP contribution in [0.15, 0.2) is 11.5 Å². The van der Waals surface area contributed by atoms with Crippen LogP contribution in [0.4, 0.5) is 0 Å². The number of hydrogen-bond acceptors (Lipinski definition) is 2. The Hall–Kier alpha value is 0.320. The third-order valence-corrected chi connectivity index (χ3v) is 3.68. The second-order valence-corrected chi connectivity index (χ2v) is 4.83. The quantitative estimate of drug-likeness (QED) is 0.363. The second-order valence-electron chi connectivity index (χ2n) is 1.34. The summed E-state index contributed by atoms with van der Waals surface area (Å²) in [5.74, 6) is 1.10. The molecule has 0 spiro atoms. The van der Waals surface area contributed by atoms with E-state index in [0.717, 1.165) is 12.2 Å². The molecule has 1 aliphatic rings. The summed E-state index contributed by atoms with van der Waals surface area (Å²) >= 11 is 0. The van der Waals surface area contributed by atoms with E-state index in [-0.39, 0.29) is 9.87 Å². The molecule has 7 heavy (non-hydrogen) atoms. The first-order chi connectivity index (χ1) is 3.43. The van der Waals surface area contributed by atoms with Crippen molar-refractivity contribution in [2.24, 2.45) is 0 Å². The van der Waals surface area contributed by atoms with Crippen molar-refractivity contribution in [2.45, 2.75) is 6.42 Å². The zero-order valence-corrected chi connectivity index (χ0v) is 5.54. The van der Waals surface area contributed by atoms with E-state index in [4.69, 9.17) is 0 Å². The summed E-state index contributed by atoms with van der Waals surface area (Å²) in [6.45, 7) is 0. The van der Waals surface area contributed by atoms with Gasteiger partial charge in [0.05, 0.1) is 0 Å². The van der Waals surface area contributed by atoms with Crippen molar-refractivity contribution in [3.8, 4) is 0 Å². The van der Waals surface area contributed by atoms with Crippen molar-refractivity contribution < 1.29 is 4.57 Å².